The molecule has 3 aromatic rings. The first-order valence-corrected chi connectivity index (χ1v) is 10.9. The number of hydrogen-bond donors (Lipinski definition) is 0. The van der Waals surface area contributed by atoms with E-state index in [1.807, 2.05) is 6.92 Å². The first kappa shape index (κ1) is 18.7. The van der Waals surface area contributed by atoms with E-state index in [1.165, 1.54) is 34.4 Å². The molecular formula is C21H25N5O2S. The topological polar surface area (TPSA) is 73.1 Å². The average Bonchev–Trinajstić information content (AvgIpc) is 3.30. The number of nitrogens with zero attached hydrogens (tertiary/aromatic N) is 5. The number of fused-ring (bicyclic) bond motifs is 5. The van der Waals surface area contributed by atoms with Gasteiger partial charge in [-0.1, -0.05) is 17.4 Å². The third kappa shape index (κ3) is 3.05. The molecule has 5 rings (SSSR count). The molecule has 1 fully saturated rings. The summed E-state index contributed by atoms with van der Waals surface area (Å²) < 4.78 is 8.15. The van der Waals surface area contributed by atoms with Crippen LogP contribution in [0.3, 0.4) is 0 Å². The summed E-state index contributed by atoms with van der Waals surface area (Å²) in [6.07, 6.45) is 3.14. The molecule has 0 bridgehead atoms. The lowest BCUT2D eigenvalue weighted by atomic mass is 9.90. The van der Waals surface area contributed by atoms with Crippen molar-refractivity contribution in [3.8, 4) is 0 Å². The predicted molar refractivity (Wildman–Crippen MR) is 116 cm³/mol. The summed E-state index contributed by atoms with van der Waals surface area (Å²) in [5.41, 5.74) is 3.51. The van der Waals surface area contributed by atoms with E-state index < -0.39 is 0 Å². The molecule has 0 N–H and O–H groups in total. The summed E-state index contributed by atoms with van der Waals surface area (Å²) in [4.78, 5) is 21.3. The number of anilines is 1. The molecule has 3 aromatic heterocycles. The van der Waals surface area contributed by atoms with E-state index in [-0.39, 0.29) is 11.2 Å². The zero-order valence-corrected chi connectivity index (χ0v) is 17.9. The van der Waals surface area contributed by atoms with Crippen molar-refractivity contribution in [2.45, 2.75) is 58.8 Å². The van der Waals surface area contributed by atoms with Crippen LogP contribution in [0.25, 0.3) is 20.4 Å². The van der Waals surface area contributed by atoms with Gasteiger partial charge in [-0.25, -0.2) is 9.67 Å². The number of rotatable bonds is 3. The second-order valence-corrected chi connectivity index (χ2v) is 9.78. The standard InChI is InChI=1S/C21H25N5O2S/c1-12(2)10-26-20(27)17-16(23-24-26)15-13-9-21(3,4)28-11-14(13)18(22-19(15)29-17)25-7-5-6-8-25/h1,5-11H2,2-4H3. The molecule has 0 spiro atoms. The minimum absolute atomic E-state index is 0.121. The zero-order chi connectivity index (χ0) is 20.3. The largest absolute Gasteiger partial charge is 0.370 e. The minimum Gasteiger partial charge on any atom is -0.370 e. The van der Waals surface area contributed by atoms with Gasteiger partial charge < -0.3 is 9.64 Å². The van der Waals surface area contributed by atoms with E-state index in [0.29, 0.717) is 23.4 Å². The summed E-state index contributed by atoms with van der Waals surface area (Å²) in [5.74, 6) is 1.02. The van der Waals surface area contributed by atoms with Crippen molar-refractivity contribution >= 4 is 37.6 Å². The van der Waals surface area contributed by atoms with Gasteiger partial charge in [0.15, 0.2) is 0 Å². The minimum atomic E-state index is -0.264. The SMILES string of the molecule is C=C(C)Cn1nnc2c(sc3nc(N4CCCC4)c4c(c32)CC(C)(C)OC4)c1=O. The molecule has 1 saturated heterocycles. The second kappa shape index (κ2) is 6.60. The zero-order valence-electron chi connectivity index (χ0n) is 17.1. The van der Waals surface area contributed by atoms with E-state index in [2.05, 4.69) is 35.6 Å². The lowest BCUT2D eigenvalue weighted by Crippen LogP contribution is -2.34. The fourth-order valence-electron chi connectivity index (χ4n) is 4.35. The van der Waals surface area contributed by atoms with Crippen molar-refractivity contribution in [3.05, 3.63) is 33.6 Å². The number of aromatic nitrogens is 4. The second-order valence-electron chi connectivity index (χ2n) is 8.78. The fourth-order valence-corrected chi connectivity index (χ4v) is 5.43. The Hall–Kier alpha value is -2.32. The van der Waals surface area contributed by atoms with Crippen LogP contribution < -0.4 is 10.5 Å². The van der Waals surface area contributed by atoms with Crippen LogP contribution in [0.1, 0.15) is 44.7 Å². The number of hydrogen-bond acceptors (Lipinski definition) is 7. The molecule has 29 heavy (non-hydrogen) atoms. The summed E-state index contributed by atoms with van der Waals surface area (Å²) in [6.45, 7) is 12.9. The molecule has 0 unspecified atom stereocenters. The summed E-state index contributed by atoms with van der Waals surface area (Å²) in [5, 5.41) is 9.62. The smallest absolute Gasteiger partial charge is 0.288 e. The van der Waals surface area contributed by atoms with Gasteiger partial charge in [0.2, 0.25) is 0 Å². The van der Waals surface area contributed by atoms with Gasteiger partial charge in [0.25, 0.3) is 5.56 Å². The van der Waals surface area contributed by atoms with Crippen LogP contribution in [0, 0.1) is 0 Å². The molecule has 0 amide bonds. The normalized spacial score (nSPS) is 18.5. The Labute approximate surface area is 173 Å². The Kier molecular flexibility index (Phi) is 4.25. The fraction of sp³-hybridized carbons (Fsp3) is 0.524. The van der Waals surface area contributed by atoms with Crippen molar-refractivity contribution < 1.29 is 4.74 Å². The highest BCUT2D eigenvalue weighted by atomic mass is 32.1. The molecule has 2 aliphatic rings. The first-order valence-electron chi connectivity index (χ1n) is 10.1. The van der Waals surface area contributed by atoms with Crippen LogP contribution in [0.4, 0.5) is 5.82 Å². The molecule has 5 heterocycles. The highest BCUT2D eigenvalue weighted by Gasteiger charge is 2.33. The Balaban J connectivity index is 1.81. The molecule has 7 nitrogen and oxygen atoms in total. The van der Waals surface area contributed by atoms with Crippen molar-refractivity contribution in [3.63, 3.8) is 0 Å². The van der Waals surface area contributed by atoms with Crippen LogP contribution >= 0.6 is 11.3 Å². The Morgan fingerprint density at radius 1 is 1.28 bits per heavy atom. The lowest BCUT2D eigenvalue weighted by molar-refractivity contribution is -0.0395. The molecule has 0 atom stereocenters. The monoisotopic (exact) mass is 411 g/mol. The van der Waals surface area contributed by atoms with Gasteiger partial charge >= 0.3 is 0 Å². The Bertz CT molecular complexity index is 1200. The van der Waals surface area contributed by atoms with Crippen LogP contribution in [0.15, 0.2) is 16.9 Å². The number of ether oxygens (including phenoxy) is 1. The predicted octanol–water partition coefficient (Wildman–Crippen LogP) is 3.43. The molecule has 152 valence electrons. The van der Waals surface area contributed by atoms with E-state index in [4.69, 9.17) is 9.72 Å². The summed E-state index contributed by atoms with van der Waals surface area (Å²) >= 11 is 1.43. The third-order valence-electron chi connectivity index (χ3n) is 5.72. The maximum absolute atomic E-state index is 13.0. The number of pyridine rings is 1. The van der Waals surface area contributed by atoms with Gasteiger partial charge in [-0.3, -0.25) is 4.79 Å². The Morgan fingerprint density at radius 3 is 2.76 bits per heavy atom. The Morgan fingerprint density at radius 2 is 2.03 bits per heavy atom. The first-order chi connectivity index (χ1) is 13.8. The van der Waals surface area contributed by atoms with Gasteiger partial charge in [-0.05, 0) is 39.2 Å². The van der Waals surface area contributed by atoms with Crippen molar-refractivity contribution in [2.75, 3.05) is 18.0 Å². The van der Waals surface area contributed by atoms with E-state index in [9.17, 15) is 4.79 Å². The van der Waals surface area contributed by atoms with Gasteiger partial charge in [0.1, 0.15) is 20.9 Å². The molecule has 0 aromatic carbocycles. The maximum atomic E-state index is 13.0. The molecule has 8 heteroatoms. The highest BCUT2D eigenvalue weighted by Crippen LogP contribution is 2.42. The molecule has 0 radical (unpaired) electrons. The summed E-state index contributed by atoms with van der Waals surface area (Å²) in [6, 6.07) is 0. The maximum Gasteiger partial charge on any atom is 0.288 e. The van der Waals surface area contributed by atoms with Gasteiger partial charge in [0, 0.05) is 30.5 Å². The van der Waals surface area contributed by atoms with Crippen LogP contribution in [-0.4, -0.2) is 38.7 Å². The van der Waals surface area contributed by atoms with E-state index >= 15 is 0 Å². The molecule has 0 aliphatic carbocycles. The van der Waals surface area contributed by atoms with E-state index in [1.54, 1.807) is 0 Å². The van der Waals surface area contributed by atoms with Gasteiger partial charge in [0.05, 0.1) is 18.8 Å². The summed E-state index contributed by atoms with van der Waals surface area (Å²) in [7, 11) is 0. The lowest BCUT2D eigenvalue weighted by Gasteiger charge is -2.34. The third-order valence-corrected chi connectivity index (χ3v) is 6.79. The van der Waals surface area contributed by atoms with Crippen LogP contribution in [-0.2, 0) is 24.3 Å². The van der Waals surface area contributed by atoms with Gasteiger partial charge in [-0.15, -0.1) is 16.4 Å². The van der Waals surface area contributed by atoms with Crippen LogP contribution in [0.5, 0.6) is 0 Å². The van der Waals surface area contributed by atoms with Crippen molar-refractivity contribution in [1.82, 2.24) is 20.0 Å². The quantitative estimate of drug-likeness (QED) is 0.615. The highest BCUT2D eigenvalue weighted by molar-refractivity contribution is 7.25. The van der Waals surface area contributed by atoms with Crippen molar-refractivity contribution in [2.24, 2.45) is 0 Å². The van der Waals surface area contributed by atoms with Crippen molar-refractivity contribution in [1.29, 1.82) is 0 Å². The van der Waals surface area contributed by atoms with E-state index in [0.717, 1.165) is 46.7 Å². The molecule has 0 saturated carbocycles. The molecular weight excluding hydrogens is 386 g/mol. The van der Waals surface area contributed by atoms with Gasteiger partial charge in [-0.2, -0.15) is 0 Å². The number of allylic oxidation sites excluding steroid dienone is 1. The number of thiophene rings is 1. The average molecular weight is 412 g/mol. The molecule has 2 aliphatic heterocycles. The van der Waals surface area contributed by atoms with Crippen LogP contribution in [0.2, 0.25) is 0 Å².